The second kappa shape index (κ2) is 7.05. The van der Waals surface area contributed by atoms with E-state index in [1.807, 2.05) is 18.5 Å². The Morgan fingerprint density at radius 3 is 3.09 bits per heavy atom. The standard InChI is InChI=1S/C18H25N3O/c1-21-10-8-16(18(21)15-7-4-9-19-12-15)13-20-17(22)11-14-5-2-3-6-14/h2,4-5,7,9,12,14,16,18H,3,6,8,10-11,13H2,1H3,(H,20,22)/t14-,16-,18-/m0/s1. The number of allylic oxidation sites excluding steroid dienone is 2. The number of rotatable bonds is 5. The minimum atomic E-state index is 0.191. The van der Waals surface area contributed by atoms with Crippen LogP contribution in [0.4, 0.5) is 0 Å². The molecular weight excluding hydrogens is 274 g/mol. The van der Waals surface area contributed by atoms with Gasteiger partial charge in [0, 0.05) is 31.4 Å². The average molecular weight is 299 g/mol. The van der Waals surface area contributed by atoms with Crippen molar-refractivity contribution >= 4 is 5.91 Å². The van der Waals surface area contributed by atoms with Crippen molar-refractivity contribution in [2.24, 2.45) is 11.8 Å². The van der Waals surface area contributed by atoms with Crippen LogP contribution in [0.3, 0.4) is 0 Å². The van der Waals surface area contributed by atoms with E-state index in [1.165, 1.54) is 5.56 Å². The Hall–Kier alpha value is -1.68. The molecule has 4 heteroatoms. The summed E-state index contributed by atoms with van der Waals surface area (Å²) in [5.74, 6) is 1.11. The summed E-state index contributed by atoms with van der Waals surface area (Å²) in [7, 11) is 2.16. The van der Waals surface area contributed by atoms with Gasteiger partial charge in [0.25, 0.3) is 0 Å². The van der Waals surface area contributed by atoms with Gasteiger partial charge in [-0.15, -0.1) is 0 Å². The quantitative estimate of drug-likeness (QED) is 0.850. The van der Waals surface area contributed by atoms with E-state index < -0.39 is 0 Å². The first-order valence-corrected chi connectivity index (χ1v) is 8.27. The third-order valence-electron chi connectivity index (χ3n) is 4.92. The van der Waals surface area contributed by atoms with Gasteiger partial charge in [-0.05, 0) is 56.3 Å². The summed E-state index contributed by atoms with van der Waals surface area (Å²) in [6.07, 6.45) is 12.1. The topological polar surface area (TPSA) is 45.2 Å². The van der Waals surface area contributed by atoms with E-state index in [4.69, 9.17) is 0 Å². The zero-order valence-corrected chi connectivity index (χ0v) is 13.2. The molecule has 1 amide bonds. The molecule has 1 aromatic rings. The smallest absolute Gasteiger partial charge is 0.220 e. The first-order chi connectivity index (χ1) is 10.7. The minimum absolute atomic E-state index is 0.191. The minimum Gasteiger partial charge on any atom is -0.356 e. The van der Waals surface area contributed by atoms with Crippen molar-refractivity contribution < 1.29 is 4.79 Å². The number of pyridine rings is 1. The fourth-order valence-electron chi connectivity index (χ4n) is 3.74. The molecule has 118 valence electrons. The molecule has 1 saturated heterocycles. The number of hydrogen-bond acceptors (Lipinski definition) is 3. The number of aromatic nitrogens is 1. The molecule has 3 rings (SSSR count). The zero-order valence-electron chi connectivity index (χ0n) is 13.2. The van der Waals surface area contributed by atoms with Crippen molar-refractivity contribution in [3.63, 3.8) is 0 Å². The van der Waals surface area contributed by atoms with Crippen molar-refractivity contribution in [3.05, 3.63) is 42.2 Å². The van der Waals surface area contributed by atoms with Crippen molar-refractivity contribution in [1.82, 2.24) is 15.2 Å². The zero-order chi connectivity index (χ0) is 15.4. The van der Waals surface area contributed by atoms with Crippen LogP contribution in [0.25, 0.3) is 0 Å². The van der Waals surface area contributed by atoms with Crippen LogP contribution in [0.15, 0.2) is 36.7 Å². The van der Waals surface area contributed by atoms with Crippen LogP contribution >= 0.6 is 0 Å². The van der Waals surface area contributed by atoms with Gasteiger partial charge in [0.15, 0.2) is 0 Å². The Bertz CT molecular complexity index is 528. The van der Waals surface area contributed by atoms with Crippen LogP contribution in [0, 0.1) is 11.8 Å². The molecule has 1 aromatic heterocycles. The van der Waals surface area contributed by atoms with Gasteiger partial charge in [-0.25, -0.2) is 0 Å². The summed E-state index contributed by atoms with van der Waals surface area (Å²) in [6.45, 7) is 1.84. The Balaban J connectivity index is 1.54. The third kappa shape index (κ3) is 3.55. The highest BCUT2D eigenvalue weighted by Crippen LogP contribution is 2.35. The first kappa shape index (κ1) is 15.2. The predicted octanol–water partition coefficient (Wildman–Crippen LogP) is 2.55. The molecule has 1 fully saturated rings. The van der Waals surface area contributed by atoms with Gasteiger partial charge in [-0.3, -0.25) is 14.7 Å². The molecule has 0 aromatic carbocycles. The molecule has 2 heterocycles. The molecule has 1 aliphatic heterocycles. The molecule has 22 heavy (non-hydrogen) atoms. The highest BCUT2D eigenvalue weighted by atomic mass is 16.1. The summed E-state index contributed by atoms with van der Waals surface area (Å²) in [4.78, 5) is 18.7. The van der Waals surface area contributed by atoms with Crippen LogP contribution in [0.2, 0.25) is 0 Å². The molecule has 2 aliphatic rings. The fraction of sp³-hybridized carbons (Fsp3) is 0.556. The Morgan fingerprint density at radius 1 is 1.45 bits per heavy atom. The largest absolute Gasteiger partial charge is 0.356 e. The SMILES string of the molecule is CN1CC[C@@H](CNC(=O)C[C@H]2C=CCC2)[C@@H]1c1cccnc1. The van der Waals surface area contributed by atoms with E-state index in [0.29, 0.717) is 24.3 Å². The van der Waals surface area contributed by atoms with Crippen LogP contribution in [0.1, 0.15) is 37.3 Å². The average Bonchev–Trinajstić information content (AvgIpc) is 3.16. The van der Waals surface area contributed by atoms with E-state index >= 15 is 0 Å². The van der Waals surface area contributed by atoms with Crippen LogP contribution in [-0.2, 0) is 4.79 Å². The van der Waals surface area contributed by atoms with E-state index in [-0.39, 0.29) is 5.91 Å². The van der Waals surface area contributed by atoms with Crippen molar-refractivity contribution in [2.45, 2.75) is 31.7 Å². The maximum atomic E-state index is 12.1. The predicted molar refractivity (Wildman–Crippen MR) is 87.2 cm³/mol. The van der Waals surface area contributed by atoms with Crippen molar-refractivity contribution in [2.75, 3.05) is 20.1 Å². The van der Waals surface area contributed by atoms with E-state index in [0.717, 1.165) is 32.4 Å². The summed E-state index contributed by atoms with van der Waals surface area (Å²) < 4.78 is 0. The van der Waals surface area contributed by atoms with E-state index in [9.17, 15) is 4.79 Å². The Labute approximate surface area is 132 Å². The third-order valence-corrected chi connectivity index (χ3v) is 4.92. The van der Waals surface area contributed by atoms with Gasteiger partial charge in [0.2, 0.25) is 5.91 Å². The van der Waals surface area contributed by atoms with Gasteiger partial charge in [-0.2, -0.15) is 0 Å². The molecular formula is C18H25N3O. The fourth-order valence-corrected chi connectivity index (χ4v) is 3.74. The van der Waals surface area contributed by atoms with Gasteiger partial charge in [0.05, 0.1) is 0 Å². The van der Waals surface area contributed by atoms with Crippen molar-refractivity contribution in [3.8, 4) is 0 Å². The molecule has 0 bridgehead atoms. The Morgan fingerprint density at radius 2 is 2.36 bits per heavy atom. The number of likely N-dealkylation sites (tertiary alicyclic amines) is 1. The highest BCUT2D eigenvalue weighted by Gasteiger charge is 2.33. The molecule has 1 aliphatic carbocycles. The van der Waals surface area contributed by atoms with Gasteiger partial charge in [0.1, 0.15) is 0 Å². The van der Waals surface area contributed by atoms with Crippen LogP contribution in [0.5, 0.6) is 0 Å². The number of carbonyl (C=O) groups is 1. The number of hydrogen-bond donors (Lipinski definition) is 1. The molecule has 0 spiro atoms. The second-order valence-electron chi connectivity index (χ2n) is 6.53. The van der Waals surface area contributed by atoms with Gasteiger partial charge < -0.3 is 5.32 Å². The number of nitrogens with zero attached hydrogens (tertiary/aromatic N) is 2. The molecule has 0 saturated carbocycles. The molecule has 0 radical (unpaired) electrons. The lowest BCUT2D eigenvalue weighted by molar-refractivity contribution is -0.121. The van der Waals surface area contributed by atoms with Crippen LogP contribution < -0.4 is 5.32 Å². The maximum absolute atomic E-state index is 12.1. The maximum Gasteiger partial charge on any atom is 0.220 e. The van der Waals surface area contributed by atoms with E-state index in [2.05, 4.69) is 40.5 Å². The molecule has 4 nitrogen and oxygen atoms in total. The van der Waals surface area contributed by atoms with Gasteiger partial charge in [-0.1, -0.05) is 18.2 Å². The lowest BCUT2D eigenvalue weighted by atomic mass is 9.94. The second-order valence-corrected chi connectivity index (χ2v) is 6.53. The van der Waals surface area contributed by atoms with E-state index in [1.54, 1.807) is 0 Å². The molecule has 3 atom stereocenters. The lowest BCUT2D eigenvalue weighted by Crippen LogP contribution is -2.33. The summed E-state index contributed by atoms with van der Waals surface area (Å²) in [6, 6.07) is 4.49. The Kier molecular flexibility index (Phi) is 4.88. The summed E-state index contributed by atoms with van der Waals surface area (Å²) in [5.41, 5.74) is 1.25. The molecule has 1 N–H and O–H groups in total. The van der Waals surface area contributed by atoms with Gasteiger partial charge >= 0.3 is 0 Å². The number of carbonyl (C=O) groups excluding carboxylic acids is 1. The monoisotopic (exact) mass is 299 g/mol. The highest BCUT2D eigenvalue weighted by molar-refractivity contribution is 5.76. The summed E-state index contributed by atoms with van der Waals surface area (Å²) in [5, 5.41) is 3.15. The van der Waals surface area contributed by atoms with Crippen LogP contribution in [-0.4, -0.2) is 35.9 Å². The number of nitrogens with one attached hydrogen (secondary N) is 1. The summed E-state index contributed by atoms with van der Waals surface area (Å²) >= 11 is 0. The molecule has 0 unspecified atom stereocenters. The normalized spacial score (nSPS) is 28.1. The first-order valence-electron chi connectivity index (χ1n) is 8.27. The van der Waals surface area contributed by atoms with Crippen molar-refractivity contribution in [1.29, 1.82) is 0 Å². The lowest BCUT2D eigenvalue weighted by Gasteiger charge is -2.25. The number of amides is 1.